The average molecular weight is 245 g/mol. The summed E-state index contributed by atoms with van der Waals surface area (Å²) in [6.07, 6.45) is 7.88. The lowest BCUT2D eigenvalue weighted by molar-refractivity contribution is 0.0311. The quantitative estimate of drug-likeness (QED) is 0.865. The summed E-state index contributed by atoms with van der Waals surface area (Å²) in [6.45, 7) is 2.07. The molecule has 1 aromatic rings. The van der Waals surface area contributed by atoms with Gasteiger partial charge in [-0.25, -0.2) is 0 Å². The predicted octanol–water partition coefficient (Wildman–Crippen LogP) is 3.51. The Morgan fingerprint density at radius 3 is 2.44 bits per heavy atom. The molecule has 2 saturated carbocycles. The highest BCUT2D eigenvalue weighted by atomic mass is 16.5. The molecule has 0 heterocycles. The van der Waals surface area contributed by atoms with Crippen LogP contribution in [0.2, 0.25) is 0 Å². The smallest absolute Gasteiger partial charge is 0.122 e. The van der Waals surface area contributed by atoms with Gasteiger partial charge in [-0.15, -0.1) is 0 Å². The lowest BCUT2D eigenvalue weighted by atomic mass is 9.54. The highest BCUT2D eigenvalue weighted by Gasteiger charge is 2.53. The lowest BCUT2D eigenvalue weighted by Gasteiger charge is -2.53. The van der Waals surface area contributed by atoms with Gasteiger partial charge in [-0.3, -0.25) is 0 Å². The van der Waals surface area contributed by atoms with Crippen LogP contribution in [0.15, 0.2) is 18.2 Å². The van der Waals surface area contributed by atoms with Crippen LogP contribution in [0.3, 0.4) is 0 Å². The van der Waals surface area contributed by atoms with Crippen molar-refractivity contribution in [2.24, 2.45) is 11.1 Å². The zero-order valence-electron chi connectivity index (χ0n) is 11.5. The first-order valence-corrected chi connectivity index (χ1v) is 7.01. The molecule has 2 N–H and O–H groups in total. The summed E-state index contributed by atoms with van der Waals surface area (Å²) in [6, 6.07) is 6.44. The van der Waals surface area contributed by atoms with Gasteiger partial charge in [-0.1, -0.05) is 25.0 Å². The second-order valence-corrected chi connectivity index (χ2v) is 6.40. The van der Waals surface area contributed by atoms with E-state index in [1.54, 1.807) is 7.11 Å². The van der Waals surface area contributed by atoms with Crippen molar-refractivity contribution in [3.8, 4) is 5.75 Å². The van der Waals surface area contributed by atoms with Gasteiger partial charge in [0.05, 0.1) is 7.11 Å². The van der Waals surface area contributed by atoms with Crippen molar-refractivity contribution >= 4 is 0 Å². The maximum absolute atomic E-state index is 6.60. The van der Waals surface area contributed by atoms with Crippen LogP contribution in [0.25, 0.3) is 0 Å². The molecule has 2 fully saturated rings. The highest BCUT2D eigenvalue weighted by molar-refractivity contribution is 5.41. The Bertz CT molecular complexity index is 452. The van der Waals surface area contributed by atoms with Crippen LogP contribution in [0.1, 0.15) is 49.7 Å². The van der Waals surface area contributed by atoms with Crippen LogP contribution < -0.4 is 10.5 Å². The van der Waals surface area contributed by atoms with Gasteiger partial charge in [0.2, 0.25) is 0 Å². The summed E-state index contributed by atoms with van der Waals surface area (Å²) < 4.78 is 5.41. The monoisotopic (exact) mass is 245 g/mol. The largest absolute Gasteiger partial charge is 0.496 e. The Morgan fingerprint density at radius 2 is 1.83 bits per heavy atom. The van der Waals surface area contributed by atoms with E-state index in [2.05, 4.69) is 25.1 Å². The number of ether oxygens (including phenoxy) is 1. The summed E-state index contributed by atoms with van der Waals surface area (Å²) in [7, 11) is 1.73. The molecule has 1 aromatic carbocycles. The van der Waals surface area contributed by atoms with Gasteiger partial charge < -0.3 is 10.5 Å². The van der Waals surface area contributed by atoms with Crippen LogP contribution in [-0.2, 0) is 5.54 Å². The average Bonchev–Trinajstić information content (AvgIpc) is 2.77. The highest BCUT2D eigenvalue weighted by Crippen LogP contribution is 2.60. The van der Waals surface area contributed by atoms with E-state index in [-0.39, 0.29) is 5.54 Å². The summed E-state index contributed by atoms with van der Waals surface area (Å²) in [5.41, 5.74) is 9.50. The predicted molar refractivity (Wildman–Crippen MR) is 73.7 cm³/mol. The van der Waals surface area contributed by atoms with Crippen LogP contribution >= 0.6 is 0 Å². The van der Waals surface area contributed by atoms with E-state index in [1.807, 2.05) is 0 Å². The molecular formula is C16H23NO. The zero-order valence-corrected chi connectivity index (χ0v) is 11.5. The first kappa shape index (κ1) is 12.0. The maximum Gasteiger partial charge on any atom is 0.122 e. The molecule has 2 aliphatic rings. The Hall–Kier alpha value is -1.02. The molecular weight excluding hydrogens is 222 g/mol. The van der Waals surface area contributed by atoms with Crippen LogP contribution in [0.4, 0.5) is 0 Å². The van der Waals surface area contributed by atoms with Gasteiger partial charge in [-0.05, 0) is 55.2 Å². The zero-order chi connectivity index (χ0) is 12.8. The number of methoxy groups -OCH3 is 1. The molecule has 3 rings (SSSR count). The summed E-state index contributed by atoms with van der Waals surface area (Å²) in [4.78, 5) is 0. The molecule has 0 saturated heterocycles. The second-order valence-electron chi connectivity index (χ2n) is 6.40. The van der Waals surface area contributed by atoms with Crippen LogP contribution in [0, 0.1) is 12.3 Å². The normalized spacial score (nSPS) is 23.9. The number of hydrogen-bond acceptors (Lipinski definition) is 2. The van der Waals surface area contributed by atoms with E-state index in [1.165, 1.54) is 36.8 Å². The molecule has 0 aromatic heterocycles. The minimum absolute atomic E-state index is 0.106. The molecule has 98 valence electrons. The molecule has 0 unspecified atom stereocenters. The molecule has 18 heavy (non-hydrogen) atoms. The summed E-state index contributed by atoms with van der Waals surface area (Å²) >= 11 is 0. The molecule has 2 aliphatic carbocycles. The maximum atomic E-state index is 6.60. The fourth-order valence-corrected chi connectivity index (χ4v) is 4.10. The van der Waals surface area contributed by atoms with Crippen LogP contribution in [0.5, 0.6) is 5.75 Å². The molecule has 0 aliphatic heterocycles. The fourth-order valence-electron chi connectivity index (χ4n) is 4.10. The molecule has 2 nitrogen and oxygen atoms in total. The van der Waals surface area contributed by atoms with Crippen molar-refractivity contribution in [2.75, 3.05) is 7.11 Å². The number of aryl methyl sites for hydroxylation is 1. The van der Waals surface area contributed by atoms with Gasteiger partial charge in [0, 0.05) is 5.54 Å². The van der Waals surface area contributed by atoms with E-state index in [0.29, 0.717) is 5.41 Å². The van der Waals surface area contributed by atoms with Gasteiger partial charge in [-0.2, -0.15) is 0 Å². The van der Waals surface area contributed by atoms with Crippen molar-refractivity contribution in [1.82, 2.24) is 0 Å². The molecule has 0 radical (unpaired) electrons. The SMILES string of the molecule is COc1cc(C2(N)CC3(CCCC3)C2)ccc1C. The third-order valence-corrected chi connectivity index (χ3v) is 5.03. The van der Waals surface area contributed by atoms with E-state index in [0.717, 1.165) is 18.6 Å². The molecule has 0 amide bonds. The third-order valence-electron chi connectivity index (χ3n) is 5.03. The summed E-state index contributed by atoms with van der Waals surface area (Å²) in [5, 5.41) is 0. The Labute approximate surface area is 110 Å². The molecule has 1 spiro atoms. The Balaban J connectivity index is 1.83. The standard InChI is InChI=1S/C16H23NO/c1-12-5-6-13(9-14(12)18-2)16(17)10-15(11-16)7-3-4-8-15/h5-6,9H,3-4,7-8,10-11,17H2,1-2H3. The fraction of sp³-hybridized carbons (Fsp3) is 0.625. The van der Waals surface area contributed by atoms with E-state index in [4.69, 9.17) is 10.5 Å². The summed E-state index contributed by atoms with van der Waals surface area (Å²) in [5.74, 6) is 0.963. The molecule has 0 bridgehead atoms. The van der Waals surface area contributed by atoms with Gasteiger partial charge in [0.15, 0.2) is 0 Å². The Morgan fingerprint density at radius 1 is 1.17 bits per heavy atom. The number of hydrogen-bond donors (Lipinski definition) is 1. The van der Waals surface area contributed by atoms with Gasteiger partial charge in [0.1, 0.15) is 5.75 Å². The molecule has 2 heteroatoms. The topological polar surface area (TPSA) is 35.2 Å². The minimum Gasteiger partial charge on any atom is -0.496 e. The Kier molecular flexibility index (Phi) is 2.67. The first-order chi connectivity index (χ1) is 8.57. The van der Waals surface area contributed by atoms with Gasteiger partial charge in [0.25, 0.3) is 0 Å². The lowest BCUT2D eigenvalue weighted by Crippen LogP contribution is -2.54. The van der Waals surface area contributed by atoms with Crippen molar-refractivity contribution in [1.29, 1.82) is 0 Å². The van der Waals surface area contributed by atoms with Crippen molar-refractivity contribution in [3.63, 3.8) is 0 Å². The molecule has 0 atom stereocenters. The number of benzene rings is 1. The number of nitrogens with two attached hydrogens (primary N) is 1. The minimum atomic E-state index is -0.106. The number of rotatable bonds is 2. The first-order valence-electron chi connectivity index (χ1n) is 7.01. The third kappa shape index (κ3) is 1.74. The van der Waals surface area contributed by atoms with E-state index in [9.17, 15) is 0 Å². The van der Waals surface area contributed by atoms with Crippen molar-refractivity contribution < 1.29 is 4.74 Å². The van der Waals surface area contributed by atoms with Gasteiger partial charge >= 0.3 is 0 Å². The van der Waals surface area contributed by atoms with Crippen molar-refractivity contribution in [3.05, 3.63) is 29.3 Å². The van der Waals surface area contributed by atoms with Crippen LogP contribution in [-0.4, -0.2) is 7.11 Å². The van der Waals surface area contributed by atoms with E-state index >= 15 is 0 Å². The van der Waals surface area contributed by atoms with E-state index < -0.39 is 0 Å². The second kappa shape index (κ2) is 3.99. The van der Waals surface area contributed by atoms with Crippen molar-refractivity contribution in [2.45, 2.75) is 51.0 Å².